The number of aryl methyl sites for hydroxylation is 1. The van der Waals surface area contributed by atoms with Crippen molar-refractivity contribution in [2.75, 3.05) is 13.7 Å². The van der Waals surface area contributed by atoms with E-state index >= 15 is 0 Å². The fraction of sp³-hybridized carbons (Fsp3) is 0.500. The fourth-order valence-corrected chi connectivity index (χ4v) is 5.09. The van der Waals surface area contributed by atoms with E-state index in [0.29, 0.717) is 5.92 Å². The van der Waals surface area contributed by atoms with Crippen molar-refractivity contribution in [3.05, 3.63) is 65.2 Å². The van der Waals surface area contributed by atoms with E-state index < -0.39 is 5.60 Å². The molecular weight excluding hydrogens is 334 g/mol. The summed E-state index contributed by atoms with van der Waals surface area (Å²) < 4.78 is 5.35. The van der Waals surface area contributed by atoms with Crippen LogP contribution in [0, 0.1) is 12.8 Å². The zero-order valence-electron chi connectivity index (χ0n) is 16.5. The van der Waals surface area contributed by atoms with Gasteiger partial charge in [-0.25, -0.2) is 0 Å². The first-order valence-electron chi connectivity index (χ1n) is 10.2. The van der Waals surface area contributed by atoms with Gasteiger partial charge in [0.05, 0.1) is 12.7 Å². The van der Waals surface area contributed by atoms with Gasteiger partial charge in [-0.3, -0.25) is 4.90 Å². The Morgan fingerprint density at radius 1 is 1.04 bits per heavy atom. The molecule has 3 heteroatoms. The number of ether oxygens (including phenoxy) is 1. The van der Waals surface area contributed by atoms with Gasteiger partial charge in [0.1, 0.15) is 5.75 Å². The number of likely N-dealkylation sites (tertiary alicyclic amines) is 1. The average molecular weight is 366 g/mol. The Hall–Kier alpha value is -1.84. The topological polar surface area (TPSA) is 32.7 Å². The minimum atomic E-state index is -0.507. The van der Waals surface area contributed by atoms with Gasteiger partial charge in [0.2, 0.25) is 0 Å². The van der Waals surface area contributed by atoms with Gasteiger partial charge in [0.25, 0.3) is 0 Å². The molecule has 2 aromatic carbocycles. The molecule has 0 aromatic heterocycles. The molecule has 1 N–H and O–H groups in total. The van der Waals surface area contributed by atoms with E-state index in [0.717, 1.165) is 44.5 Å². The first-order chi connectivity index (χ1) is 13.1. The van der Waals surface area contributed by atoms with Crippen molar-refractivity contribution in [3.8, 4) is 5.75 Å². The summed E-state index contributed by atoms with van der Waals surface area (Å²) in [5, 5.41) is 11.4. The van der Waals surface area contributed by atoms with Crippen molar-refractivity contribution in [1.29, 1.82) is 0 Å². The maximum absolute atomic E-state index is 11.4. The van der Waals surface area contributed by atoms with Crippen LogP contribution in [-0.2, 0) is 6.54 Å². The number of nitrogens with zero attached hydrogens (tertiary/aromatic N) is 1. The zero-order chi connectivity index (χ0) is 18.9. The SMILES string of the molecule is COc1ccc([C@H]2[C@H]3CCCC[C@@]3(O)CCN2Cc2ccc(C)cc2)cc1. The predicted octanol–water partition coefficient (Wildman–Crippen LogP) is 4.87. The number of methoxy groups -OCH3 is 1. The van der Waals surface area contributed by atoms with Crippen molar-refractivity contribution < 1.29 is 9.84 Å². The minimum Gasteiger partial charge on any atom is -0.497 e. The van der Waals surface area contributed by atoms with Gasteiger partial charge < -0.3 is 9.84 Å². The van der Waals surface area contributed by atoms with E-state index in [1.807, 2.05) is 0 Å². The first kappa shape index (κ1) is 18.5. The lowest BCUT2D eigenvalue weighted by Gasteiger charge is -2.52. The van der Waals surface area contributed by atoms with Gasteiger partial charge in [0, 0.05) is 25.0 Å². The number of fused-ring (bicyclic) bond motifs is 1. The fourth-order valence-electron chi connectivity index (χ4n) is 5.09. The number of aliphatic hydroxyl groups is 1. The van der Waals surface area contributed by atoms with E-state index in [-0.39, 0.29) is 6.04 Å². The van der Waals surface area contributed by atoms with E-state index in [4.69, 9.17) is 4.74 Å². The maximum Gasteiger partial charge on any atom is 0.118 e. The molecule has 1 saturated heterocycles. The average Bonchev–Trinajstić information content (AvgIpc) is 2.70. The van der Waals surface area contributed by atoms with Gasteiger partial charge in [-0.15, -0.1) is 0 Å². The van der Waals surface area contributed by atoms with Gasteiger partial charge in [0.15, 0.2) is 0 Å². The second-order valence-electron chi connectivity index (χ2n) is 8.38. The molecule has 3 nitrogen and oxygen atoms in total. The Labute approximate surface area is 163 Å². The van der Waals surface area contributed by atoms with Crippen LogP contribution in [0.5, 0.6) is 5.75 Å². The van der Waals surface area contributed by atoms with Crippen LogP contribution in [0.15, 0.2) is 48.5 Å². The van der Waals surface area contributed by atoms with Crippen molar-refractivity contribution >= 4 is 0 Å². The number of hydrogen-bond donors (Lipinski definition) is 1. The van der Waals surface area contributed by atoms with Crippen LogP contribution in [0.3, 0.4) is 0 Å². The molecule has 1 aliphatic carbocycles. The van der Waals surface area contributed by atoms with Crippen LogP contribution >= 0.6 is 0 Å². The summed E-state index contributed by atoms with van der Waals surface area (Å²) in [6.45, 7) is 4.01. The summed E-state index contributed by atoms with van der Waals surface area (Å²) in [7, 11) is 1.71. The Morgan fingerprint density at radius 3 is 2.48 bits per heavy atom. The molecule has 0 spiro atoms. The number of benzene rings is 2. The van der Waals surface area contributed by atoms with Crippen LogP contribution in [0.25, 0.3) is 0 Å². The van der Waals surface area contributed by atoms with Crippen molar-refractivity contribution in [3.63, 3.8) is 0 Å². The van der Waals surface area contributed by atoms with Crippen molar-refractivity contribution in [1.82, 2.24) is 4.90 Å². The lowest BCUT2D eigenvalue weighted by atomic mass is 9.66. The Balaban J connectivity index is 1.66. The molecule has 1 aliphatic heterocycles. The highest BCUT2D eigenvalue weighted by molar-refractivity contribution is 5.31. The number of rotatable bonds is 4. The molecule has 3 atom stereocenters. The van der Waals surface area contributed by atoms with E-state index in [9.17, 15) is 5.11 Å². The molecule has 0 amide bonds. The molecule has 2 aliphatic rings. The van der Waals surface area contributed by atoms with Crippen LogP contribution in [0.1, 0.15) is 54.8 Å². The zero-order valence-corrected chi connectivity index (χ0v) is 16.5. The third-order valence-corrected chi connectivity index (χ3v) is 6.64. The molecule has 0 bridgehead atoms. The smallest absolute Gasteiger partial charge is 0.118 e. The largest absolute Gasteiger partial charge is 0.497 e. The van der Waals surface area contributed by atoms with Crippen LogP contribution < -0.4 is 4.74 Å². The second-order valence-corrected chi connectivity index (χ2v) is 8.38. The molecule has 4 rings (SSSR count). The highest BCUT2D eigenvalue weighted by Gasteiger charge is 2.48. The molecule has 27 heavy (non-hydrogen) atoms. The minimum absolute atomic E-state index is 0.260. The molecule has 2 aromatic rings. The maximum atomic E-state index is 11.4. The van der Waals surface area contributed by atoms with Crippen molar-refractivity contribution in [2.45, 2.75) is 57.2 Å². The van der Waals surface area contributed by atoms with E-state index in [1.165, 1.54) is 23.1 Å². The van der Waals surface area contributed by atoms with Gasteiger partial charge >= 0.3 is 0 Å². The summed E-state index contributed by atoms with van der Waals surface area (Å²) in [5.74, 6) is 1.19. The van der Waals surface area contributed by atoms with E-state index in [1.54, 1.807) is 7.11 Å². The predicted molar refractivity (Wildman–Crippen MR) is 109 cm³/mol. The summed E-state index contributed by atoms with van der Waals surface area (Å²) in [5.41, 5.74) is 3.44. The summed E-state index contributed by atoms with van der Waals surface area (Å²) in [4.78, 5) is 2.58. The highest BCUT2D eigenvalue weighted by atomic mass is 16.5. The van der Waals surface area contributed by atoms with Crippen LogP contribution in [0.2, 0.25) is 0 Å². The van der Waals surface area contributed by atoms with E-state index in [2.05, 4.69) is 60.4 Å². The van der Waals surface area contributed by atoms with Gasteiger partial charge in [-0.1, -0.05) is 54.8 Å². The molecule has 0 radical (unpaired) electrons. The quantitative estimate of drug-likeness (QED) is 0.839. The summed E-state index contributed by atoms with van der Waals surface area (Å²) >= 11 is 0. The number of piperidine rings is 1. The lowest BCUT2D eigenvalue weighted by Crippen LogP contribution is -2.54. The molecule has 0 unspecified atom stereocenters. The number of hydrogen-bond acceptors (Lipinski definition) is 3. The summed E-state index contributed by atoms with van der Waals surface area (Å²) in [6.07, 6.45) is 5.31. The molecule has 1 heterocycles. The first-order valence-corrected chi connectivity index (χ1v) is 10.2. The molecule has 1 saturated carbocycles. The van der Waals surface area contributed by atoms with Gasteiger partial charge in [-0.05, 0) is 49.4 Å². The van der Waals surface area contributed by atoms with Gasteiger partial charge in [-0.2, -0.15) is 0 Å². The highest BCUT2D eigenvalue weighted by Crippen LogP contribution is 2.49. The molecule has 2 fully saturated rings. The molecule has 144 valence electrons. The Bertz CT molecular complexity index is 755. The van der Waals surface area contributed by atoms with Crippen LogP contribution in [-0.4, -0.2) is 29.3 Å². The third kappa shape index (κ3) is 3.76. The van der Waals surface area contributed by atoms with Crippen LogP contribution in [0.4, 0.5) is 0 Å². The monoisotopic (exact) mass is 365 g/mol. The third-order valence-electron chi connectivity index (χ3n) is 6.64. The molecular formula is C24H31NO2. The second kappa shape index (κ2) is 7.65. The normalized spacial score (nSPS) is 28.6. The Morgan fingerprint density at radius 2 is 1.78 bits per heavy atom. The van der Waals surface area contributed by atoms with Crippen molar-refractivity contribution in [2.24, 2.45) is 5.92 Å². The summed E-state index contributed by atoms with van der Waals surface area (Å²) in [6, 6.07) is 17.6. The lowest BCUT2D eigenvalue weighted by molar-refractivity contribution is -0.126. The standard InChI is InChI=1S/C24H31NO2/c1-18-6-8-19(9-7-18)17-25-16-15-24(26)14-4-3-5-22(24)23(25)20-10-12-21(27-2)13-11-20/h6-13,22-23,26H,3-5,14-17H2,1-2H3/t22-,23+,24-/m1/s1. The Kier molecular flexibility index (Phi) is 5.25.